The number of hydrogen-bond acceptors (Lipinski definition) is 2. The lowest BCUT2D eigenvalue weighted by Crippen LogP contribution is -2.04. The molecule has 0 atom stereocenters. The molecular formula is C58H33N5. The van der Waals surface area contributed by atoms with Gasteiger partial charge in [0, 0.05) is 54.3 Å². The van der Waals surface area contributed by atoms with Crippen molar-refractivity contribution in [3.63, 3.8) is 0 Å². The van der Waals surface area contributed by atoms with Gasteiger partial charge in [-0.15, -0.1) is 0 Å². The molecule has 5 aromatic heterocycles. The Labute approximate surface area is 359 Å². The highest BCUT2D eigenvalue weighted by molar-refractivity contribution is 6.38. The Morgan fingerprint density at radius 1 is 0.317 bits per heavy atom. The monoisotopic (exact) mass is 799 g/mol. The van der Waals surface area contributed by atoms with Gasteiger partial charge in [-0.25, -0.2) is 9.97 Å². The van der Waals surface area contributed by atoms with Gasteiger partial charge >= 0.3 is 0 Å². The number of nitrogens with zero attached hydrogens (tertiary/aromatic N) is 5. The lowest BCUT2D eigenvalue weighted by Gasteiger charge is -2.15. The van der Waals surface area contributed by atoms with Crippen molar-refractivity contribution in [2.75, 3.05) is 0 Å². The van der Waals surface area contributed by atoms with Crippen LogP contribution in [-0.4, -0.2) is 23.5 Å². The van der Waals surface area contributed by atoms with Gasteiger partial charge in [0.15, 0.2) is 5.82 Å². The fourth-order valence-corrected chi connectivity index (χ4v) is 11.1. The van der Waals surface area contributed by atoms with E-state index in [1.165, 1.54) is 92.2 Å². The number of para-hydroxylation sites is 5. The lowest BCUT2D eigenvalue weighted by atomic mass is 9.99. The summed E-state index contributed by atoms with van der Waals surface area (Å²) in [7, 11) is 0. The third-order valence-electron chi connectivity index (χ3n) is 13.7. The Hall–Kier alpha value is -8.54. The first-order chi connectivity index (χ1) is 31.3. The van der Waals surface area contributed by atoms with Crippen LogP contribution < -0.4 is 0 Å². The predicted molar refractivity (Wildman–Crippen MR) is 263 cm³/mol. The molecule has 15 aromatic rings. The van der Waals surface area contributed by atoms with Gasteiger partial charge in [-0.3, -0.25) is 4.57 Å². The summed E-state index contributed by atoms with van der Waals surface area (Å²) in [4.78, 5) is 10.9. The van der Waals surface area contributed by atoms with Crippen LogP contribution in [0.15, 0.2) is 200 Å². The molecule has 0 fully saturated rings. The van der Waals surface area contributed by atoms with Crippen LogP contribution in [0.1, 0.15) is 0 Å². The van der Waals surface area contributed by atoms with Gasteiger partial charge in [-0.1, -0.05) is 140 Å². The molecule has 63 heavy (non-hydrogen) atoms. The fraction of sp³-hybridized carbons (Fsp3) is 0. The minimum atomic E-state index is 0.812. The number of aromatic nitrogens is 5. The summed E-state index contributed by atoms with van der Waals surface area (Å²) in [5.41, 5.74) is 13.0. The smallest absolute Gasteiger partial charge is 0.165 e. The zero-order chi connectivity index (χ0) is 40.9. The van der Waals surface area contributed by atoms with Gasteiger partial charge in [0.2, 0.25) is 0 Å². The Kier molecular flexibility index (Phi) is 6.36. The van der Waals surface area contributed by atoms with Gasteiger partial charge in [0.25, 0.3) is 0 Å². The van der Waals surface area contributed by atoms with Crippen LogP contribution in [0.25, 0.3) is 137 Å². The van der Waals surface area contributed by atoms with Gasteiger partial charge in [0.1, 0.15) is 5.69 Å². The summed E-state index contributed by atoms with van der Waals surface area (Å²) < 4.78 is 7.29. The van der Waals surface area contributed by atoms with Crippen LogP contribution in [0.3, 0.4) is 0 Å². The van der Waals surface area contributed by atoms with Crippen LogP contribution in [0, 0.1) is 0 Å². The van der Waals surface area contributed by atoms with Gasteiger partial charge in [-0.05, 0) is 82.2 Å². The summed E-state index contributed by atoms with van der Waals surface area (Å²) in [5.74, 6) is 0.812. The molecule has 0 spiro atoms. The third kappa shape index (κ3) is 4.30. The molecule has 0 aliphatic heterocycles. The van der Waals surface area contributed by atoms with Crippen molar-refractivity contribution >= 4 is 114 Å². The van der Waals surface area contributed by atoms with Gasteiger partial charge < -0.3 is 8.97 Å². The van der Waals surface area contributed by atoms with E-state index in [-0.39, 0.29) is 0 Å². The summed E-state index contributed by atoms with van der Waals surface area (Å²) in [5, 5.41) is 15.0. The molecule has 0 aliphatic carbocycles. The van der Waals surface area contributed by atoms with Crippen molar-refractivity contribution in [3.8, 4) is 22.8 Å². The second-order valence-corrected chi connectivity index (χ2v) is 16.9. The van der Waals surface area contributed by atoms with E-state index in [4.69, 9.17) is 9.97 Å². The lowest BCUT2D eigenvalue weighted by molar-refractivity contribution is 1.08. The topological polar surface area (TPSA) is 40.0 Å². The molecule has 5 heterocycles. The highest BCUT2D eigenvalue weighted by Crippen LogP contribution is 2.48. The molecule has 0 aliphatic rings. The summed E-state index contributed by atoms with van der Waals surface area (Å²) in [6.07, 6.45) is 0. The quantitative estimate of drug-likeness (QED) is 0.179. The van der Waals surface area contributed by atoms with E-state index in [1.54, 1.807) is 0 Å². The molecule has 0 saturated carbocycles. The van der Waals surface area contributed by atoms with E-state index in [0.29, 0.717) is 0 Å². The van der Waals surface area contributed by atoms with E-state index in [0.717, 1.165) is 44.8 Å². The highest BCUT2D eigenvalue weighted by Gasteiger charge is 2.26. The molecule has 0 unspecified atom stereocenters. The first-order valence-electron chi connectivity index (χ1n) is 21.6. The summed E-state index contributed by atoms with van der Waals surface area (Å²) >= 11 is 0. The zero-order valence-corrected chi connectivity index (χ0v) is 33.8. The van der Waals surface area contributed by atoms with Crippen molar-refractivity contribution in [2.24, 2.45) is 0 Å². The van der Waals surface area contributed by atoms with E-state index >= 15 is 0 Å². The molecule has 15 rings (SSSR count). The molecule has 0 bridgehead atoms. The minimum Gasteiger partial charge on any atom is -0.309 e. The highest BCUT2D eigenvalue weighted by atomic mass is 15.1. The largest absolute Gasteiger partial charge is 0.309 e. The Bertz CT molecular complexity index is 4430. The summed E-state index contributed by atoms with van der Waals surface area (Å²) in [6, 6.07) is 72.7. The van der Waals surface area contributed by atoms with E-state index in [9.17, 15) is 0 Å². The van der Waals surface area contributed by atoms with Crippen molar-refractivity contribution in [1.82, 2.24) is 23.5 Å². The molecule has 5 heteroatoms. The molecule has 10 aromatic carbocycles. The second-order valence-electron chi connectivity index (χ2n) is 16.9. The Morgan fingerprint density at radius 3 is 1.57 bits per heavy atom. The third-order valence-corrected chi connectivity index (χ3v) is 13.7. The first-order valence-corrected chi connectivity index (χ1v) is 21.6. The van der Waals surface area contributed by atoms with E-state index in [1.807, 2.05) is 12.1 Å². The standard InChI is InChI=1S/C58H33N5/c1-3-15-38-34(13-1)27-31-49-52(38)41-18-6-12-24-48(41)63(49)58-56(59-44-20-8-9-21-45(44)60-58)36-25-29-37(30-26-36)61-50-32-28-35-14-2-4-16-39(35)53(50)55-51(61)33-43-40-17-5-10-22-46(40)62-47-23-11-7-19-42(47)54(55)57(43)62/h1-33H. The van der Waals surface area contributed by atoms with Gasteiger partial charge in [-0.2, -0.15) is 0 Å². The predicted octanol–water partition coefficient (Wildman–Crippen LogP) is 14.9. The number of rotatable bonds is 3. The van der Waals surface area contributed by atoms with Crippen LogP contribution in [-0.2, 0) is 0 Å². The van der Waals surface area contributed by atoms with E-state index < -0.39 is 0 Å². The van der Waals surface area contributed by atoms with Crippen LogP contribution in [0.4, 0.5) is 0 Å². The Morgan fingerprint density at radius 2 is 0.857 bits per heavy atom. The molecule has 0 amide bonds. The molecule has 290 valence electrons. The molecule has 0 radical (unpaired) electrons. The number of benzene rings is 10. The van der Waals surface area contributed by atoms with E-state index in [2.05, 4.69) is 202 Å². The number of fused-ring (bicyclic) bond motifs is 18. The van der Waals surface area contributed by atoms with Crippen molar-refractivity contribution in [2.45, 2.75) is 0 Å². The first kappa shape index (κ1) is 33.2. The maximum absolute atomic E-state index is 5.44. The summed E-state index contributed by atoms with van der Waals surface area (Å²) in [6.45, 7) is 0. The van der Waals surface area contributed by atoms with Crippen molar-refractivity contribution < 1.29 is 0 Å². The minimum absolute atomic E-state index is 0.812. The van der Waals surface area contributed by atoms with Gasteiger partial charge in [0.05, 0.1) is 49.7 Å². The van der Waals surface area contributed by atoms with Crippen LogP contribution in [0.5, 0.6) is 0 Å². The molecule has 0 N–H and O–H groups in total. The average Bonchev–Trinajstić information content (AvgIpc) is 4.08. The maximum atomic E-state index is 5.44. The van der Waals surface area contributed by atoms with Crippen LogP contribution >= 0.6 is 0 Å². The van der Waals surface area contributed by atoms with Crippen molar-refractivity contribution in [3.05, 3.63) is 200 Å². The fourth-order valence-electron chi connectivity index (χ4n) is 11.1. The molecular weight excluding hydrogens is 767 g/mol. The average molecular weight is 800 g/mol. The second kappa shape index (κ2) is 12.1. The zero-order valence-electron chi connectivity index (χ0n) is 33.8. The Balaban J connectivity index is 1.02. The number of hydrogen-bond donors (Lipinski definition) is 0. The van der Waals surface area contributed by atoms with Crippen LogP contribution in [0.2, 0.25) is 0 Å². The molecule has 0 saturated heterocycles. The normalized spacial score (nSPS) is 12.4. The van der Waals surface area contributed by atoms with Crippen molar-refractivity contribution in [1.29, 1.82) is 0 Å². The molecule has 5 nitrogen and oxygen atoms in total. The SMILES string of the molecule is c1ccc2c(c1)ccc1c2c2ccccc2n1-c1nc2ccccc2nc1-c1ccc(-n2c3ccc4ccccc4c3c3c4c5ccccc5n5c6ccccc6c(cc32)c45)cc1. The maximum Gasteiger partial charge on any atom is 0.165 e.